The van der Waals surface area contributed by atoms with Crippen LogP contribution in [0.2, 0.25) is 0 Å². The summed E-state index contributed by atoms with van der Waals surface area (Å²) in [5, 5.41) is 2.64. The van der Waals surface area contributed by atoms with Crippen LogP contribution in [0.1, 0.15) is 16.6 Å². The van der Waals surface area contributed by atoms with E-state index in [1.54, 1.807) is 30.3 Å². The molecule has 0 amide bonds. The smallest absolute Gasteiger partial charge is 0.422 e. The molecule has 10 heteroatoms. The summed E-state index contributed by atoms with van der Waals surface area (Å²) in [6, 6.07) is 19.0. The Labute approximate surface area is 207 Å². The van der Waals surface area contributed by atoms with E-state index in [2.05, 4.69) is 35.7 Å². The molecular formula is C24H20BrF3N4O2. The lowest BCUT2D eigenvalue weighted by Gasteiger charge is -2.09. The van der Waals surface area contributed by atoms with E-state index in [-0.39, 0.29) is 16.8 Å². The van der Waals surface area contributed by atoms with Gasteiger partial charge in [0.15, 0.2) is 6.61 Å². The highest BCUT2D eigenvalue weighted by molar-refractivity contribution is 9.08. The van der Waals surface area contributed by atoms with Crippen LogP contribution in [-0.4, -0.2) is 32.5 Å². The summed E-state index contributed by atoms with van der Waals surface area (Å²) < 4.78 is 72.6. The first-order valence-corrected chi connectivity index (χ1v) is 10.5. The van der Waals surface area contributed by atoms with E-state index in [9.17, 15) is 18.0 Å². The van der Waals surface area contributed by atoms with Crippen molar-refractivity contribution in [3.8, 4) is 17.3 Å². The Morgan fingerprint density at radius 3 is 2.03 bits per heavy atom. The van der Waals surface area contributed by atoms with E-state index in [4.69, 9.17) is 5.48 Å². The summed E-state index contributed by atoms with van der Waals surface area (Å²) in [5.41, 5.74) is 0.659. The Kier molecular flexibility index (Phi) is 7.07. The molecule has 2 aromatic heterocycles. The molecule has 0 spiro atoms. The van der Waals surface area contributed by atoms with Crippen molar-refractivity contribution in [1.29, 1.82) is 0 Å². The minimum absolute atomic E-state index is 0.168. The van der Waals surface area contributed by atoms with Crippen molar-refractivity contribution in [3.63, 3.8) is 0 Å². The molecule has 0 aliphatic rings. The van der Waals surface area contributed by atoms with Gasteiger partial charge in [-0.15, -0.1) is 0 Å². The zero-order chi connectivity index (χ0) is 28.0. The van der Waals surface area contributed by atoms with Gasteiger partial charge in [-0.25, -0.2) is 14.6 Å². The van der Waals surface area contributed by atoms with Gasteiger partial charge in [-0.05, 0) is 17.2 Å². The third-order valence-corrected chi connectivity index (χ3v) is 4.44. The molecule has 4 aromatic rings. The number of ether oxygens (including phenoxy) is 1. The highest BCUT2D eigenvalue weighted by atomic mass is 79.9. The molecule has 0 fully saturated rings. The Bertz CT molecular complexity index is 1390. The first kappa shape index (κ1) is 19.9. The summed E-state index contributed by atoms with van der Waals surface area (Å²) in [6.07, 6.45) is -2.16. The second-order valence-corrected chi connectivity index (χ2v) is 6.96. The van der Waals surface area contributed by atoms with Crippen molar-refractivity contribution in [2.45, 2.75) is 18.0 Å². The van der Waals surface area contributed by atoms with Gasteiger partial charge in [-0.1, -0.05) is 76.6 Å². The predicted molar refractivity (Wildman–Crippen MR) is 126 cm³/mol. The zero-order valence-electron chi connectivity index (χ0n) is 21.4. The number of rotatable bonds is 6. The van der Waals surface area contributed by atoms with E-state index in [1.165, 1.54) is 30.6 Å². The van der Waals surface area contributed by atoms with Gasteiger partial charge in [0, 0.05) is 32.0 Å². The molecule has 0 unspecified atom stereocenters. The van der Waals surface area contributed by atoms with Crippen LogP contribution >= 0.6 is 15.9 Å². The van der Waals surface area contributed by atoms with Gasteiger partial charge in [-0.2, -0.15) is 18.3 Å². The second kappa shape index (κ2) is 12.1. The molecule has 0 N–H and O–H groups in total. The topological polar surface area (TPSA) is 69.9 Å². The van der Waals surface area contributed by atoms with Gasteiger partial charge in [0.1, 0.15) is 0 Å². The number of benzene rings is 2. The minimum Gasteiger partial charge on any atom is -0.454 e. The largest absolute Gasteiger partial charge is 0.454 e. The molecule has 0 aliphatic carbocycles. The number of hydrogen-bond donors (Lipinski definition) is 0. The van der Waals surface area contributed by atoms with Crippen LogP contribution in [-0.2, 0) is 11.8 Å². The number of aromatic nitrogens is 4. The number of alkyl halides is 4. The fraction of sp³-hybridized carbons (Fsp3) is 0.167. The van der Waals surface area contributed by atoms with E-state index < -0.39 is 36.1 Å². The first-order valence-electron chi connectivity index (χ1n) is 11.7. The van der Waals surface area contributed by atoms with E-state index in [0.29, 0.717) is 10.2 Å². The molecule has 0 atom stereocenters. The third-order valence-electron chi connectivity index (χ3n) is 3.98. The molecule has 6 nitrogen and oxygen atoms in total. The van der Waals surface area contributed by atoms with Gasteiger partial charge in [0.05, 0.1) is 14.9 Å². The molecule has 4 rings (SSSR count). The molecule has 2 aromatic carbocycles. The highest BCUT2D eigenvalue weighted by Gasteiger charge is 2.28. The maximum Gasteiger partial charge on any atom is 0.422 e. The van der Waals surface area contributed by atoms with E-state index >= 15 is 0 Å². The zero-order valence-corrected chi connectivity index (χ0v) is 19.0. The fourth-order valence-electron chi connectivity index (χ4n) is 2.45. The summed E-state index contributed by atoms with van der Waals surface area (Å²) in [4.78, 5) is 19.5. The maximum absolute atomic E-state index is 12.2. The van der Waals surface area contributed by atoms with Crippen LogP contribution in [0.25, 0.3) is 11.3 Å². The Morgan fingerprint density at radius 2 is 1.50 bits per heavy atom. The third kappa shape index (κ3) is 8.11. The van der Waals surface area contributed by atoms with Crippen LogP contribution in [0.4, 0.5) is 13.2 Å². The molecule has 2 heterocycles. The van der Waals surface area contributed by atoms with Gasteiger partial charge in [0.2, 0.25) is 0 Å². The summed E-state index contributed by atoms with van der Waals surface area (Å²) in [5.74, 6) is 0. The summed E-state index contributed by atoms with van der Waals surface area (Å²) in [7, 11) is 0. The van der Waals surface area contributed by atoms with Crippen molar-refractivity contribution in [2.24, 2.45) is 0 Å². The number of hydrogen-bond acceptors (Lipinski definition) is 5. The Balaban J connectivity index is 0.000000336. The van der Waals surface area contributed by atoms with Crippen LogP contribution in [0, 0.1) is 0 Å². The van der Waals surface area contributed by atoms with E-state index in [1.807, 2.05) is 18.2 Å². The van der Waals surface area contributed by atoms with Gasteiger partial charge in [0.25, 0.3) is 5.56 Å². The first-order chi connectivity index (χ1) is 17.8. The normalized spacial score (nSPS) is 13.4. The Hall–Kier alpha value is -3.53. The van der Waals surface area contributed by atoms with Gasteiger partial charge < -0.3 is 4.74 Å². The highest BCUT2D eigenvalue weighted by Crippen LogP contribution is 2.18. The van der Waals surface area contributed by atoms with Crippen LogP contribution < -0.4 is 10.3 Å². The van der Waals surface area contributed by atoms with E-state index in [0.717, 1.165) is 6.07 Å². The second-order valence-electron chi connectivity index (χ2n) is 6.57. The average molecular weight is 537 g/mol. The van der Waals surface area contributed by atoms with Crippen LogP contribution in [0.3, 0.4) is 0 Å². The number of halogens is 4. The molecular weight excluding hydrogens is 513 g/mol. The SMILES string of the molecule is [2H]C([2H])(Br)c1ccccc1.[2H]C([2H])(c1ccccc1)n1nc(-c2cnc(OCC(F)(F)F)nc2)ccc1=O. The quantitative estimate of drug-likeness (QED) is 0.314. The summed E-state index contributed by atoms with van der Waals surface area (Å²) in [6.45, 7) is -3.74. The molecule has 0 bridgehead atoms. The lowest BCUT2D eigenvalue weighted by atomic mass is 10.2. The molecule has 0 aliphatic heterocycles. The maximum atomic E-state index is 12.2. The lowest BCUT2D eigenvalue weighted by molar-refractivity contribution is -0.154. The monoisotopic (exact) mass is 536 g/mol. The Morgan fingerprint density at radius 1 is 0.912 bits per heavy atom. The molecule has 34 heavy (non-hydrogen) atoms. The van der Waals surface area contributed by atoms with Crippen molar-refractivity contribution >= 4 is 15.9 Å². The number of nitrogens with zero attached hydrogens (tertiary/aromatic N) is 4. The molecule has 0 saturated carbocycles. The van der Waals surface area contributed by atoms with Gasteiger partial charge in [-0.3, -0.25) is 4.79 Å². The summed E-state index contributed by atoms with van der Waals surface area (Å²) >= 11 is 2.92. The molecule has 176 valence electrons. The predicted octanol–water partition coefficient (Wildman–Crippen LogP) is 5.27. The van der Waals surface area contributed by atoms with Crippen molar-refractivity contribution in [1.82, 2.24) is 19.7 Å². The fourth-order valence-corrected chi connectivity index (χ4v) is 2.72. The van der Waals surface area contributed by atoms with Crippen molar-refractivity contribution < 1.29 is 23.4 Å². The van der Waals surface area contributed by atoms with Crippen LogP contribution in [0.5, 0.6) is 6.01 Å². The molecule has 0 radical (unpaired) electrons. The standard InChI is InChI=1S/C17H13F3N4O2.C7H7Br/c18-17(19,20)11-26-16-21-8-13(9-22-16)14-6-7-15(25)24(23-14)10-12-4-2-1-3-5-12;8-6-7-4-2-1-3-5-7/h1-9H,10-11H2;1-5H,6H2/i10D2;6D2. The van der Waals surface area contributed by atoms with Crippen LogP contribution in [0.15, 0.2) is 90.0 Å². The average Bonchev–Trinajstić information content (AvgIpc) is 2.88. The van der Waals surface area contributed by atoms with Gasteiger partial charge >= 0.3 is 12.2 Å². The van der Waals surface area contributed by atoms with Crippen molar-refractivity contribution in [2.75, 3.05) is 6.61 Å². The molecule has 0 saturated heterocycles. The lowest BCUT2D eigenvalue weighted by Crippen LogP contribution is -2.22. The van der Waals surface area contributed by atoms with Crippen molar-refractivity contribution in [3.05, 3.63) is 107 Å². The minimum atomic E-state index is -4.51.